The Hall–Kier alpha value is -2.31. The number of carbonyl (C=O) groups is 1. The molecule has 0 atom stereocenters. The third kappa shape index (κ3) is 4.03. The highest BCUT2D eigenvalue weighted by Crippen LogP contribution is 2.39. The number of nitrogens with zero attached hydrogens (tertiary/aromatic N) is 1. The highest BCUT2D eigenvalue weighted by Gasteiger charge is 2.17. The molecule has 3 rings (SSSR count). The van der Waals surface area contributed by atoms with Crippen molar-refractivity contribution >= 4 is 44.9 Å². The van der Waals surface area contributed by atoms with Crippen molar-refractivity contribution in [2.45, 2.75) is 26.3 Å². The minimum atomic E-state index is -0.416. The Morgan fingerprint density at radius 1 is 1.24 bits per heavy atom. The molecule has 0 spiro atoms. The number of phenolic OH excluding ortho intramolecular Hbond substituents is 1. The van der Waals surface area contributed by atoms with E-state index in [0.717, 1.165) is 20.8 Å². The van der Waals surface area contributed by atoms with E-state index in [1.54, 1.807) is 12.1 Å². The zero-order valence-electron chi connectivity index (χ0n) is 14.1. The minimum absolute atomic E-state index is 0.155. The highest BCUT2D eigenvalue weighted by molar-refractivity contribution is 7.21. The number of phenols is 1. The fourth-order valence-corrected chi connectivity index (χ4v) is 3.48. The van der Waals surface area contributed by atoms with Crippen LogP contribution in [0.3, 0.4) is 0 Å². The molecule has 1 heterocycles. The van der Waals surface area contributed by atoms with E-state index < -0.39 is 11.6 Å². The molecule has 3 aromatic rings. The first kappa shape index (κ1) is 17.5. The molecule has 0 unspecified atom stereocenters. The van der Waals surface area contributed by atoms with Gasteiger partial charge in [-0.1, -0.05) is 23.7 Å². The van der Waals surface area contributed by atoms with Gasteiger partial charge in [0.15, 0.2) is 5.75 Å². The molecule has 5 nitrogen and oxygen atoms in total. The molecule has 0 fully saturated rings. The molecule has 2 aromatic carbocycles. The molecule has 0 radical (unpaired) electrons. The fourth-order valence-electron chi connectivity index (χ4n) is 2.31. The number of carbonyl (C=O) groups excluding carboxylic acids is 1. The van der Waals surface area contributed by atoms with E-state index in [9.17, 15) is 9.90 Å². The van der Waals surface area contributed by atoms with Gasteiger partial charge in [0.2, 0.25) is 0 Å². The summed E-state index contributed by atoms with van der Waals surface area (Å²) >= 11 is 7.66. The summed E-state index contributed by atoms with van der Waals surface area (Å²) in [5.74, 6) is -0.171. The van der Waals surface area contributed by atoms with Gasteiger partial charge in [0.1, 0.15) is 5.01 Å². The van der Waals surface area contributed by atoms with Gasteiger partial charge in [0, 0.05) is 11.1 Å². The highest BCUT2D eigenvalue weighted by atomic mass is 35.5. The van der Waals surface area contributed by atoms with E-state index in [4.69, 9.17) is 11.6 Å². The van der Waals surface area contributed by atoms with Gasteiger partial charge in [-0.3, -0.25) is 0 Å². The molecule has 25 heavy (non-hydrogen) atoms. The summed E-state index contributed by atoms with van der Waals surface area (Å²) in [5, 5.41) is 16.5. The lowest BCUT2D eigenvalue weighted by Crippen LogP contribution is -2.43. The van der Waals surface area contributed by atoms with E-state index >= 15 is 0 Å². The van der Waals surface area contributed by atoms with Crippen LogP contribution >= 0.6 is 22.9 Å². The zero-order valence-corrected chi connectivity index (χ0v) is 15.6. The number of urea groups is 1. The van der Waals surface area contributed by atoms with Crippen molar-refractivity contribution in [3.8, 4) is 16.3 Å². The maximum atomic E-state index is 12.1. The molecular weight excluding hydrogens is 358 g/mol. The number of fused-ring (bicyclic) bond motifs is 1. The van der Waals surface area contributed by atoms with Gasteiger partial charge in [-0.05, 0) is 45.0 Å². The molecule has 0 bridgehead atoms. The first-order chi connectivity index (χ1) is 11.7. The molecular formula is C18H18ClN3O2S. The molecule has 2 amide bonds. The number of halogens is 1. The van der Waals surface area contributed by atoms with Crippen LogP contribution in [0.15, 0.2) is 36.4 Å². The van der Waals surface area contributed by atoms with E-state index in [2.05, 4.69) is 15.6 Å². The van der Waals surface area contributed by atoms with Crippen LogP contribution in [-0.4, -0.2) is 21.7 Å². The number of rotatable bonds is 2. The topological polar surface area (TPSA) is 74.2 Å². The Bertz CT molecular complexity index is 914. The Balaban J connectivity index is 1.96. The second-order valence-corrected chi connectivity index (χ2v) is 8.11. The van der Waals surface area contributed by atoms with E-state index in [1.165, 1.54) is 11.3 Å². The first-order valence-corrected chi connectivity index (χ1v) is 8.90. The Kier molecular flexibility index (Phi) is 4.58. The van der Waals surface area contributed by atoms with Crippen LogP contribution in [0.25, 0.3) is 20.8 Å². The molecule has 0 saturated carbocycles. The van der Waals surface area contributed by atoms with Gasteiger partial charge >= 0.3 is 6.03 Å². The number of anilines is 1. The summed E-state index contributed by atoms with van der Waals surface area (Å²) in [6.07, 6.45) is 0. The smallest absolute Gasteiger partial charge is 0.319 e. The van der Waals surface area contributed by atoms with Gasteiger partial charge < -0.3 is 15.7 Å². The van der Waals surface area contributed by atoms with Crippen molar-refractivity contribution in [1.29, 1.82) is 0 Å². The van der Waals surface area contributed by atoms with Gasteiger partial charge in [0.05, 0.1) is 20.9 Å². The summed E-state index contributed by atoms with van der Waals surface area (Å²) in [6, 6.07) is 10.7. The van der Waals surface area contributed by atoms with Gasteiger partial charge in [-0.2, -0.15) is 0 Å². The number of amides is 2. The summed E-state index contributed by atoms with van der Waals surface area (Å²) in [7, 11) is 0. The van der Waals surface area contributed by atoms with Crippen molar-refractivity contribution in [2.75, 3.05) is 5.32 Å². The average molecular weight is 376 g/mol. The molecule has 0 saturated heterocycles. The standard InChI is InChI=1S/C18H18ClN3O2S/c1-18(2,3)22-17(24)21-13-9-10(8-11(19)15(13)23)16-20-12-6-4-5-7-14(12)25-16/h4-9,23H,1-3H3,(H2,21,22,24). The lowest BCUT2D eigenvalue weighted by Gasteiger charge is -2.21. The second kappa shape index (κ2) is 6.54. The van der Waals surface area contributed by atoms with Gasteiger partial charge in [0.25, 0.3) is 0 Å². The molecule has 0 aliphatic heterocycles. The molecule has 3 N–H and O–H groups in total. The van der Waals surface area contributed by atoms with Crippen LogP contribution in [0.5, 0.6) is 5.75 Å². The maximum absolute atomic E-state index is 12.1. The van der Waals surface area contributed by atoms with Crippen molar-refractivity contribution in [3.63, 3.8) is 0 Å². The van der Waals surface area contributed by atoms with Crippen LogP contribution in [-0.2, 0) is 0 Å². The van der Waals surface area contributed by atoms with E-state index in [1.807, 2.05) is 45.0 Å². The summed E-state index contributed by atoms with van der Waals surface area (Å²) in [6.45, 7) is 5.62. The van der Waals surface area contributed by atoms with Gasteiger partial charge in [-0.15, -0.1) is 11.3 Å². The van der Waals surface area contributed by atoms with Gasteiger partial charge in [-0.25, -0.2) is 9.78 Å². The van der Waals surface area contributed by atoms with Crippen molar-refractivity contribution < 1.29 is 9.90 Å². The lowest BCUT2D eigenvalue weighted by atomic mass is 10.1. The number of benzene rings is 2. The predicted molar refractivity (Wildman–Crippen MR) is 104 cm³/mol. The fraction of sp³-hybridized carbons (Fsp3) is 0.222. The van der Waals surface area contributed by atoms with E-state index in [-0.39, 0.29) is 16.5 Å². The SMILES string of the molecule is CC(C)(C)NC(=O)Nc1cc(-c2nc3ccccc3s2)cc(Cl)c1O. The third-order valence-electron chi connectivity index (χ3n) is 3.34. The van der Waals surface area contributed by atoms with Crippen LogP contribution in [0.1, 0.15) is 20.8 Å². The predicted octanol–water partition coefficient (Wildman–Crippen LogP) is 5.24. The van der Waals surface area contributed by atoms with Crippen LogP contribution in [0, 0.1) is 0 Å². The number of nitrogens with one attached hydrogen (secondary N) is 2. The molecule has 0 aliphatic rings. The quantitative estimate of drug-likeness (QED) is 0.536. The Labute approximate surface area is 154 Å². The monoisotopic (exact) mass is 375 g/mol. The number of para-hydroxylation sites is 1. The van der Waals surface area contributed by atoms with E-state index in [0.29, 0.717) is 0 Å². The van der Waals surface area contributed by atoms with Crippen molar-refractivity contribution in [2.24, 2.45) is 0 Å². The number of aromatic nitrogens is 1. The summed E-state index contributed by atoms with van der Waals surface area (Å²) in [5.41, 5.74) is 1.47. The zero-order chi connectivity index (χ0) is 18.2. The van der Waals surface area contributed by atoms with Crippen LogP contribution < -0.4 is 10.6 Å². The number of aromatic hydroxyl groups is 1. The normalized spacial score (nSPS) is 11.5. The molecule has 0 aliphatic carbocycles. The van der Waals surface area contributed by atoms with Crippen molar-refractivity contribution in [3.05, 3.63) is 41.4 Å². The van der Waals surface area contributed by atoms with Crippen LogP contribution in [0.4, 0.5) is 10.5 Å². The number of hydrogen-bond donors (Lipinski definition) is 3. The maximum Gasteiger partial charge on any atom is 0.319 e. The minimum Gasteiger partial charge on any atom is -0.504 e. The largest absolute Gasteiger partial charge is 0.504 e. The second-order valence-electron chi connectivity index (χ2n) is 6.67. The first-order valence-electron chi connectivity index (χ1n) is 7.70. The summed E-state index contributed by atoms with van der Waals surface area (Å²) < 4.78 is 1.06. The molecule has 7 heteroatoms. The van der Waals surface area contributed by atoms with Crippen molar-refractivity contribution in [1.82, 2.24) is 10.3 Å². The number of thiazole rings is 1. The van der Waals surface area contributed by atoms with Crippen LogP contribution in [0.2, 0.25) is 5.02 Å². The summed E-state index contributed by atoms with van der Waals surface area (Å²) in [4.78, 5) is 16.7. The number of hydrogen-bond acceptors (Lipinski definition) is 4. The Morgan fingerprint density at radius 3 is 2.64 bits per heavy atom. The molecule has 130 valence electrons. The average Bonchev–Trinajstić information content (AvgIpc) is 2.93. The Morgan fingerprint density at radius 2 is 1.96 bits per heavy atom. The lowest BCUT2D eigenvalue weighted by molar-refractivity contribution is 0.243. The molecule has 1 aromatic heterocycles. The third-order valence-corrected chi connectivity index (χ3v) is 4.71.